The van der Waals surface area contributed by atoms with Crippen LogP contribution in [0.25, 0.3) is 0 Å². The first-order valence-corrected chi connectivity index (χ1v) is 4.44. The Morgan fingerprint density at radius 1 is 1.38 bits per heavy atom. The normalized spacial score (nSPS) is 21.6. The average molecular weight is 197 g/mol. The Morgan fingerprint density at radius 3 is 2.77 bits per heavy atom. The fourth-order valence-corrected chi connectivity index (χ4v) is 1.67. The molecule has 0 aliphatic carbocycles. The molecule has 0 unspecified atom stereocenters. The number of benzene rings is 1. The standard InChI is InChI=1S/C9H9ClN2O/c10-7-4-2-1-3-6(7)8-5-9(13)12-11-8/h1-4,8,11H,5H2,(H,12,13)/t8-/m0/s1. The Bertz CT molecular complexity index is 340. The summed E-state index contributed by atoms with van der Waals surface area (Å²) >= 11 is 5.97. The van der Waals surface area contributed by atoms with E-state index in [9.17, 15) is 4.79 Å². The molecule has 1 aliphatic heterocycles. The maximum Gasteiger partial charge on any atom is 0.236 e. The van der Waals surface area contributed by atoms with Gasteiger partial charge in [0.25, 0.3) is 0 Å². The van der Waals surface area contributed by atoms with Gasteiger partial charge in [-0.25, -0.2) is 5.43 Å². The molecule has 4 heteroatoms. The van der Waals surface area contributed by atoms with Crippen molar-refractivity contribution in [3.05, 3.63) is 34.9 Å². The van der Waals surface area contributed by atoms with Crippen molar-refractivity contribution >= 4 is 17.5 Å². The Labute approximate surface area is 81.1 Å². The van der Waals surface area contributed by atoms with Crippen LogP contribution in [0.2, 0.25) is 5.02 Å². The number of rotatable bonds is 1. The Hall–Kier alpha value is -1.06. The van der Waals surface area contributed by atoms with Gasteiger partial charge in [0.1, 0.15) is 0 Å². The second-order valence-electron chi connectivity index (χ2n) is 2.97. The highest BCUT2D eigenvalue weighted by Crippen LogP contribution is 2.26. The lowest BCUT2D eigenvalue weighted by molar-refractivity contribution is -0.119. The SMILES string of the molecule is O=C1C[C@@H](c2ccccc2Cl)NN1. The van der Waals surface area contributed by atoms with Gasteiger partial charge in [-0.1, -0.05) is 29.8 Å². The van der Waals surface area contributed by atoms with E-state index in [-0.39, 0.29) is 11.9 Å². The number of nitrogens with one attached hydrogen (secondary N) is 2. The van der Waals surface area contributed by atoms with Crippen LogP contribution in [0.5, 0.6) is 0 Å². The minimum absolute atomic E-state index is 0.00111. The smallest absolute Gasteiger partial charge is 0.236 e. The predicted molar refractivity (Wildman–Crippen MR) is 50.1 cm³/mol. The molecular weight excluding hydrogens is 188 g/mol. The molecule has 2 rings (SSSR count). The topological polar surface area (TPSA) is 41.1 Å². The average Bonchev–Trinajstić information content (AvgIpc) is 2.53. The van der Waals surface area contributed by atoms with Gasteiger partial charge in [0, 0.05) is 11.4 Å². The summed E-state index contributed by atoms with van der Waals surface area (Å²) in [4.78, 5) is 10.9. The van der Waals surface area contributed by atoms with E-state index in [2.05, 4.69) is 10.9 Å². The molecule has 0 saturated carbocycles. The van der Waals surface area contributed by atoms with Crippen molar-refractivity contribution < 1.29 is 4.79 Å². The van der Waals surface area contributed by atoms with E-state index in [0.29, 0.717) is 11.4 Å². The molecule has 13 heavy (non-hydrogen) atoms. The molecule has 1 atom stereocenters. The van der Waals surface area contributed by atoms with Gasteiger partial charge in [-0.15, -0.1) is 0 Å². The Morgan fingerprint density at radius 2 is 2.15 bits per heavy atom. The van der Waals surface area contributed by atoms with E-state index < -0.39 is 0 Å². The maximum absolute atomic E-state index is 10.9. The van der Waals surface area contributed by atoms with Gasteiger partial charge >= 0.3 is 0 Å². The first kappa shape index (κ1) is 8.53. The molecule has 68 valence electrons. The van der Waals surface area contributed by atoms with Crippen molar-refractivity contribution in [2.45, 2.75) is 12.5 Å². The van der Waals surface area contributed by atoms with E-state index in [0.717, 1.165) is 5.56 Å². The monoisotopic (exact) mass is 196 g/mol. The molecule has 0 radical (unpaired) electrons. The lowest BCUT2D eigenvalue weighted by Gasteiger charge is -2.09. The van der Waals surface area contributed by atoms with Gasteiger partial charge in [-0.3, -0.25) is 10.2 Å². The van der Waals surface area contributed by atoms with Crippen LogP contribution in [-0.2, 0) is 4.79 Å². The molecule has 0 bridgehead atoms. The van der Waals surface area contributed by atoms with Crippen LogP contribution in [0, 0.1) is 0 Å². The molecule has 1 aliphatic rings. The van der Waals surface area contributed by atoms with Gasteiger partial charge in [-0.05, 0) is 11.6 Å². The zero-order chi connectivity index (χ0) is 9.26. The summed E-state index contributed by atoms with van der Waals surface area (Å²) in [5.74, 6) is 0.00456. The lowest BCUT2D eigenvalue weighted by Crippen LogP contribution is -2.27. The first-order chi connectivity index (χ1) is 6.27. The first-order valence-electron chi connectivity index (χ1n) is 4.06. The van der Waals surface area contributed by atoms with Crippen molar-refractivity contribution in [2.75, 3.05) is 0 Å². The quantitative estimate of drug-likeness (QED) is 0.713. The van der Waals surface area contributed by atoms with Gasteiger partial charge in [-0.2, -0.15) is 0 Å². The van der Waals surface area contributed by atoms with Crippen LogP contribution in [-0.4, -0.2) is 5.91 Å². The van der Waals surface area contributed by atoms with Crippen molar-refractivity contribution in [3.63, 3.8) is 0 Å². The number of carbonyl (C=O) groups is 1. The molecule has 1 fully saturated rings. The molecule has 3 nitrogen and oxygen atoms in total. The number of halogens is 1. The van der Waals surface area contributed by atoms with Gasteiger partial charge in [0.15, 0.2) is 0 Å². The summed E-state index contributed by atoms with van der Waals surface area (Å²) in [6.45, 7) is 0. The number of hydrogen-bond donors (Lipinski definition) is 2. The van der Waals surface area contributed by atoms with Gasteiger partial charge < -0.3 is 0 Å². The number of amides is 1. The summed E-state index contributed by atoms with van der Waals surface area (Å²) in [6, 6.07) is 7.52. The van der Waals surface area contributed by atoms with Crippen molar-refractivity contribution in [1.82, 2.24) is 10.9 Å². The minimum atomic E-state index is 0.00111. The number of hydrogen-bond acceptors (Lipinski definition) is 2. The predicted octanol–water partition coefficient (Wildman–Crippen LogP) is 1.41. The zero-order valence-electron chi connectivity index (χ0n) is 6.88. The van der Waals surface area contributed by atoms with E-state index in [1.165, 1.54) is 0 Å². The molecule has 1 aromatic rings. The molecule has 1 saturated heterocycles. The molecule has 1 amide bonds. The summed E-state index contributed by atoms with van der Waals surface area (Å²) < 4.78 is 0. The summed E-state index contributed by atoms with van der Waals surface area (Å²) in [5.41, 5.74) is 6.39. The van der Waals surface area contributed by atoms with E-state index in [1.807, 2.05) is 24.3 Å². The van der Waals surface area contributed by atoms with Crippen LogP contribution >= 0.6 is 11.6 Å². The third-order valence-corrected chi connectivity index (χ3v) is 2.40. The summed E-state index contributed by atoms with van der Waals surface area (Å²) in [5, 5.41) is 0.691. The summed E-state index contributed by atoms with van der Waals surface area (Å²) in [7, 11) is 0. The molecule has 1 aromatic carbocycles. The molecule has 0 aromatic heterocycles. The number of carbonyl (C=O) groups excluding carboxylic acids is 1. The summed E-state index contributed by atoms with van der Waals surface area (Å²) in [6.07, 6.45) is 0.448. The van der Waals surface area contributed by atoms with Crippen LogP contribution in [0.1, 0.15) is 18.0 Å². The molecular formula is C9H9ClN2O. The molecule has 2 N–H and O–H groups in total. The third kappa shape index (κ3) is 1.66. The fraction of sp³-hybridized carbons (Fsp3) is 0.222. The van der Waals surface area contributed by atoms with Crippen molar-refractivity contribution in [3.8, 4) is 0 Å². The van der Waals surface area contributed by atoms with E-state index in [1.54, 1.807) is 0 Å². The largest absolute Gasteiger partial charge is 0.291 e. The maximum atomic E-state index is 10.9. The van der Waals surface area contributed by atoms with Crippen LogP contribution in [0.15, 0.2) is 24.3 Å². The third-order valence-electron chi connectivity index (χ3n) is 2.06. The van der Waals surface area contributed by atoms with Crippen molar-refractivity contribution in [2.24, 2.45) is 0 Å². The van der Waals surface area contributed by atoms with E-state index in [4.69, 9.17) is 11.6 Å². The van der Waals surface area contributed by atoms with Crippen LogP contribution in [0.3, 0.4) is 0 Å². The van der Waals surface area contributed by atoms with E-state index >= 15 is 0 Å². The van der Waals surface area contributed by atoms with Crippen molar-refractivity contribution in [1.29, 1.82) is 0 Å². The molecule has 1 heterocycles. The lowest BCUT2D eigenvalue weighted by atomic mass is 10.1. The highest BCUT2D eigenvalue weighted by molar-refractivity contribution is 6.31. The second-order valence-corrected chi connectivity index (χ2v) is 3.38. The highest BCUT2D eigenvalue weighted by atomic mass is 35.5. The van der Waals surface area contributed by atoms with Gasteiger partial charge in [0.05, 0.1) is 6.04 Å². The van der Waals surface area contributed by atoms with Gasteiger partial charge in [0.2, 0.25) is 5.91 Å². The molecule has 0 spiro atoms. The highest BCUT2D eigenvalue weighted by Gasteiger charge is 2.23. The zero-order valence-corrected chi connectivity index (χ0v) is 7.64. The fourth-order valence-electron chi connectivity index (χ4n) is 1.40. The second kappa shape index (κ2) is 3.36. The minimum Gasteiger partial charge on any atom is -0.291 e. The Balaban J connectivity index is 2.26. The number of hydrazine groups is 1. The van der Waals surface area contributed by atoms with Crippen LogP contribution < -0.4 is 10.9 Å². The van der Waals surface area contributed by atoms with Crippen LogP contribution in [0.4, 0.5) is 0 Å². The Kier molecular flexibility index (Phi) is 2.20.